The number of nitrogens with zero attached hydrogens (tertiary/aromatic N) is 1. The van der Waals surface area contributed by atoms with Gasteiger partial charge < -0.3 is 0 Å². The van der Waals surface area contributed by atoms with Gasteiger partial charge in [0.05, 0.1) is 0 Å². The predicted molar refractivity (Wildman–Crippen MR) is 52.4 cm³/mol. The summed E-state index contributed by atoms with van der Waals surface area (Å²) < 4.78 is 0. The van der Waals surface area contributed by atoms with E-state index in [9.17, 15) is 0 Å². The van der Waals surface area contributed by atoms with Crippen LogP contribution in [0.3, 0.4) is 0 Å². The van der Waals surface area contributed by atoms with Crippen LogP contribution in [0.1, 0.15) is 12.0 Å². The highest BCUT2D eigenvalue weighted by molar-refractivity contribution is 5.87. The molecule has 0 atom stereocenters. The Balaban J connectivity index is 2.22. The number of aliphatic imine (C=N–C) groups is 1. The summed E-state index contributed by atoms with van der Waals surface area (Å²) in [5.41, 5.74) is 2.60. The minimum Gasteiger partial charge on any atom is -0.293 e. The monoisotopic (exact) mass is 157 g/mol. The molecule has 1 heterocycles. The Bertz CT molecular complexity index is 309. The standard InChI is InChI=1S/C11H11N/c1-2-4-10(5-3-1)8-11-6-7-12-9-11/h1-5,8-9H,6-7H2/b11-8+. The smallest absolute Gasteiger partial charge is 0.0430 e. The first-order chi connectivity index (χ1) is 5.95. The second-order valence-electron chi connectivity index (χ2n) is 2.92. The second kappa shape index (κ2) is 3.35. The maximum absolute atomic E-state index is 4.17. The average molecular weight is 157 g/mol. The summed E-state index contributed by atoms with van der Waals surface area (Å²) in [5, 5.41) is 0. The predicted octanol–water partition coefficient (Wildman–Crippen LogP) is 2.54. The molecule has 0 amide bonds. The zero-order valence-electron chi connectivity index (χ0n) is 6.90. The zero-order chi connectivity index (χ0) is 8.23. The van der Waals surface area contributed by atoms with Gasteiger partial charge in [0.2, 0.25) is 0 Å². The van der Waals surface area contributed by atoms with E-state index in [2.05, 4.69) is 35.3 Å². The molecule has 0 bridgehead atoms. The van der Waals surface area contributed by atoms with Gasteiger partial charge in [-0.2, -0.15) is 0 Å². The Morgan fingerprint density at radius 1 is 1.17 bits per heavy atom. The molecular formula is C11H11N. The van der Waals surface area contributed by atoms with Crippen molar-refractivity contribution in [3.05, 3.63) is 41.5 Å². The highest BCUT2D eigenvalue weighted by atomic mass is 14.7. The molecule has 0 N–H and O–H groups in total. The third-order valence-corrected chi connectivity index (χ3v) is 1.94. The van der Waals surface area contributed by atoms with E-state index in [0.29, 0.717) is 0 Å². The maximum Gasteiger partial charge on any atom is 0.0430 e. The lowest BCUT2D eigenvalue weighted by Gasteiger charge is -1.93. The molecule has 1 aliphatic heterocycles. The SMILES string of the molecule is C1=NCC/C1=C\c1ccccc1. The first-order valence-corrected chi connectivity index (χ1v) is 4.20. The molecule has 0 spiro atoms. The molecule has 2 rings (SSSR count). The fourth-order valence-electron chi connectivity index (χ4n) is 1.31. The fourth-order valence-corrected chi connectivity index (χ4v) is 1.31. The molecule has 1 aromatic carbocycles. The summed E-state index contributed by atoms with van der Waals surface area (Å²) >= 11 is 0. The number of benzene rings is 1. The van der Waals surface area contributed by atoms with Gasteiger partial charge in [0.25, 0.3) is 0 Å². The summed E-state index contributed by atoms with van der Waals surface area (Å²) in [5.74, 6) is 0. The van der Waals surface area contributed by atoms with Gasteiger partial charge in [0.15, 0.2) is 0 Å². The van der Waals surface area contributed by atoms with E-state index in [1.807, 2.05) is 12.3 Å². The van der Waals surface area contributed by atoms with Gasteiger partial charge in [0, 0.05) is 12.8 Å². The third kappa shape index (κ3) is 1.62. The number of rotatable bonds is 1. The molecule has 0 saturated heterocycles. The van der Waals surface area contributed by atoms with E-state index in [1.54, 1.807) is 0 Å². The molecule has 1 heteroatoms. The van der Waals surface area contributed by atoms with E-state index in [0.717, 1.165) is 13.0 Å². The van der Waals surface area contributed by atoms with Crippen molar-refractivity contribution in [2.75, 3.05) is 6.54 Å². The van der Waals surface area contributed by atoms with E-state index < -0.39 is 0 Å². The largest absolute Gasteiger partial charge is 0.293 e. The van der Waals surface area contributed by atoms with Gasteiger partial charge in [-0.15, -0.1) is 0 Å². The fraction of sp³-hybridized carbons (Fsp3) is 0.182. The number of hydrogen-bond donors (Lipinski definition) is 0. The van der Waals surface area contributed by atoms with Crippen molar-refractivity contribution in [2.24, 2.45) is 4.99 Å². The molecule has 0 radical (unpaired) electrons. The molecule has 0 saturated carbocycles. The Labute approximate surface area is 72.5 Å². The van der Waals surface area contributed by atoms with Gasteiger partial charge in [-0.05, 0) is 17.6 Å². The third-order valence-electron chi connectivity index (χ3n) is 1.94. The Morgan fingerprint density at radius 3 is 2.67 bits per heavy atom. The van der Waals surface area contributed by atoms with Crippen molar-refractivity contribution in [1.82, 2.24) is 0 Å². The van der Waals surface area contributed by atoms with E-state index in [4.69, 9.17) is 0 Å². The lowest BCUT2D eigenvalue weighted by Crippen LogP contribution is -1.78. The van der Waals surface area contributed by atoms with E-state index in [-0.39, 0.29) is 0 Å². The van der Waals surface area contributed by atoms with Crippen LogP contribution in [0.2, 0.25) is 0 Å². The van der Waals surface area contributed by atoms with Crippen LogP contribution in [0.4, 0.5) is 0 Å². The quantitative estimate of drug-likeness (QED) is 0.594. The van der Waals surface area contributed by atoms with Crippen LogP contribution in [0, 0.1) is 0 Å². The highest BCUT2D eigenvalue weighted by Crippen LogP contribution is 2.11. The molecule has 0 aromatic heterocycles. The van der Waals surface area contributed by atoms with Crippen LogP contribution in [-0.2, 0) is 0 Å². The minimum atomic E-state index is 0.957. The molecule has 60 valence electrons. The molecule has 1 aromatic rings. The number of hydrogen-bond acceptors (Lipinski definition) is 1. The van der Waals surface area contributed by atoms with Gasteiger partial charge in [-0.25, -0.2) is 0 Å². The van der Waals surface area contributed by atoms with Gasteiger partial charge in [0.1, 0.15) is 0 Å². The Morgan fingerprint density at radius 2 is 2.00 bits per heavy atom. The van der Waals surface area contributed by atoms with Gasteiger partial charge >= 0.3 is 0 Å². The first-order valence-electron chi connectivity index (χ1n) is 4.20. The first kappa shape index (κ1) is 7.29. The summed E-state index contributed by atoms with van der Waals surface area (Å²) in [4.78, 5) is 4.17. The van der Waals surface area contributed by atoms with Crippen LogP contribution in [0.15, 0.2) is 40.9 Å². The van der Waals surface area contributed by atoms with Gasteiger partial charge in [-0.1, -0.05) is 36.4 Å². The molecule has 0 fully saturated rings. The van der Waals surface area contributed by atoms with Crippen LogP contribution in [0.25, 0.3) is 6.08 Å². The summed E-state index contributed by atoms with van der Waals surface area (Å²) in [6.07, 6.45) is 5.25. The van der Waals surface area contributed by atoms with Crippen molar-refractivity contribution in [3.8, 4) is 0 Å². The van der Waals surface area contributed by atoms with Crippen LogP contribution in [0.5, 0.6) is 0 Å². The highest BCUT2D eigenvalue weighted by Gasteiger charge is 1.99. The van der Waals surface area contributed by atoms with Crippen LogP contribution in [-0.4, -0.2) is 12.8 Å². The lowest BCUT2D eigenvalue weighted by molar-refractivity contribution is 1.05. The normalized spacial score (nSPS) is 18.8. The molecule has 12 heavy (non-hydrogen) atoms. The average Bonchev–Trinajstić information content (AvgIpc) is 2.59. The van der Waals surface area contributed by atoms with Crippen molar-refractivity contribution < 1.29 is 0 Å². The lowest BCUT2D eigenvalue weighted by atomic mass is 10.1. The summed E-state index contributed by atoms with van der Waals surface area (Å²) in [7, 11) is 0. The summed E-state index contributed by atoms with van der Waals surface area (Å²) in [6, 6.07) is 10.4. The van der Waals surface area contributed by atoms with E-state index in [1.165, 1.54) is 11.1 Å². The summed E-state index contributed by atoms with van der Waals surface area (Å²) in [6.45, 7) is 0.957. The van der Waals surface area contributed by atoms with Crippen molar-refractivity contribution in [3.63, 3.8) is 0 Å². The molecule has 1 nitrogen and oxygen atoms in total. The van der Waals surface area contributed by atoms with Crippen LogP contribution < -0.4 is 0 Å². The molecular weight excluding hydrogens is 146 g/mol. The second-order valence-corrected chi connectivity index (χ2v) is 2.92. The van der Waals surface area contributed by atoms with Gasteiger partial charge in [-0.3, -0.25) is 4.99 Å². The molecule has 0 aliphatic carbocycles. The van der Waals surface area contributed by atoms with Crippen LogP contribution >= 0.6 is 0 Å². The Kier molecular flexibility index (Phi) is 2.04. The molecule has 1 aliphatic rings. The maximum atomic E-state index is 4.17. The molecule has 0 unspecified atom stereocenters. The van der Waals surface area contributed by atoms with Crippen molar-refractivity contribution in [2.45, 2.75) is 6.42 Å². The van der Waals surface area contributed by atoms with Crippen molar-refractivity contribution >= 4 is 12.3 Å². The van der Waals surface area contributed by atoms with E-state index >= 15 is 0 Å². The zero-order valence-corrected chi connectivity index (χ0v) is 6.90. The van der Waals surface area contributed by atoms with Crippen molar-refractivity contribution in [1.29, 1.82) is 0 Å². The topological polar surface area (TPSA) is 12.4 Å². The minimum absolute atomic E-state index is 0.957. The Hall–Kier alpha value is -1.37.